The molecular formula is C26H28N4O2. The number of carbonyl (C=O) groups is 1. The molecule has 1 amide bonds. The number of fused-ring (bicyclic) bond motifs is 1. The smallest absolute Gasteiger partial charge is 0.227 e. The zero-order chi connectivity index (χ0) is 21.9. The predicted molar refractivity (Wildman–Crippen MR) is 126 cm³/mol. The number of aryl methyl sites for hydroxylation is 1. The van der Waals surface area contributed by atoms with Crippen molar-refractivity contribution in [3.8, 4) is 11.4 Å². The van der Waals surface area contributed by atoms with Crippen molar-refractivity contribution in [1.82, 2.24) is 14.9 Å². The monoisotopic (exact) mass is 428 g/mol. The predicted octanol–water partition coefficient (Wildman–Crippen LogP) is 5.24. The van der Waals surface area contributed by atoms with Gasteiger partial charge < -0.3 is 14.7 Å². The summed E-state index contributed by atoms with van der Waals surface area (Å²) in [7, 11) is 0. The lowest BCUT2D eigenvalue weighted by Crippen LogP contribution is -2.37. The van der Waals surface area contributed by atoms with Gasteiger partial charge in [-0.2, -0.15) is 0 Å². The fraction of sp³-hybridized carbons (Fsp3) is 0.308. The van der Waals surface area contributed by atoms with Crippen molar-refractivity contribution in [3.63, 3.8) is 0 Å². The standard InChI is InChI=1S/C26H28N4O2/c1-2-21-11-12-22(32-21)17-30-15-13-19(14-16-30)26(31)27-20-9-7-18(8-10-20)25-28-23-5-3-4-6-24(23)29-25/h3-12,19H,2,13-17H2,1H3,(H,27,31)(H,28,29). The minimum Gasteiger partial charge on any atom is -0.465 e. The Labute approximate surface area is 187 Å². The second-order valence-corrected chi connectivity index (χ2v) is 8.44. The van der Waals surface area contributed by atoms with Gasteiger partial charge in [-0.1, -0.05) is 19.1 Å². The van der Waals surface area contributed by atoms with Crippen LogP contribution >= 0.6 is 0 Å². The van der Waals surface area contributed by atoms with Crippen LogP contribution in [0, 0.1) is 5.92 Å². The number of hydrogen-bond acceptors (Lipinski definition) is 4. The molecule has 0 atom stereocenters. The number of piperidine rings is 1. The van der Waals surface area contributed by atoms with Crippen LogP contribution in [-0.2, 0) is 17.8 Å². The molecule has 0 spiro atoms. The number of anilines is 1. The van der Waals surface area contributed by atoms with Gasteiger partial charge in [0.1, 0.15) is 17.3 Å². The van der Waals surface area contributed by atoms with Crippen molar-refractivity contribution in [1.29, 1.82) is 0 Å². The van der Waals surface area contributed by atoms with E-state index in [1.807, 2.05) is 48.5 Å². The number of imidazole rings is 1. The van der Waals surface area contributed by atoms with Crippen molar-refractivity contribution >= 4 is 22.6 Å². The summed E-state index contributed by atoms with van der Waals surface area (Å²) in [5.41, 5.74) is 3.78. The minimum atomic E-state index is 0.0455. The minimum absolute atomic E-state index is 0.0455. The normalized spacial score (nSPS) is 15.3. The molecule has 2 aromatic carbocycles. The van der Waals surface area contributed by atoms with Crippen LogP contribution in [0.4, 0.5) is 5.69 Å². The average Bonchev–Trinajstić information content (AvgIpc) is 3.47. The van der Waals surface area contributed by atoms with Gasteiger partial charge in [-0.05, 0) is 74.5 Å². The Morgan fingerprint density at radius 3 is 2.53 bits per heavy atom. The molecule has 1 aliphatic rings. The Balaban J connectivity index is 1.15. The molecule has 0 saturated carbocycles. The third kappa shape index (κ3) is 4.46. The molecule has 32 heavy (non-hydrogen) atoms. The third-order valence-corrected chi connectivity index (χ3v) is 6.22. The highest BCUT2D eigenvalue weighted by molar-refractivity contribution is 5.93. The topological polar surface area (TPSA) is 74.2 Å². The first-order valence-corrected chi connectivity index (χ1v) is 11.3. The zero-order valence-corrected chi connectivity index (χ0v) is 18.3. The van der Waals surface area contributed by atoms with Crippen LogP contribution < -0.4 is 5.32 Å². The number of nitrogens with one attached hydrogen (secondary N) is 2. The second-order valence-electron chi connectivity index (χ2n) is 8.44. The maximum Gasteiger partial charge on any atom is 0.227 e. The molecule has 0 bridgehead atoms. The Hall–Kier alpha value is -3.38. The van der Waals surface area contributed by atoms with E-state index >= 15 is 0 Å². The van der Waals surface area contributed by atoms with Crippen LogP contribution in [0.5, 0.6) is 0 Å². The highest BCUT2D eigenvalue weighted by Crippen LogP contribution is 2.24. The number of H-pyrrole nitrogens is 1. The number of benzene rings is 2. The Kier molecular flexibility index (Phi) is 5.77. The third-order valence-electron chi connectivity index (χ3n) is 6.22. The van der Waals surface area contributed by atoms with Crippen LogP contribution in [0.15, 0.2) is 65.1 Å². The maximum atomic E-state index is 12.8. The number of aromatic nitrogens is 2. The summed E-state index contributed by atoms with van der Waals surface area (Å²) in [6.45, 7) is 4.73. The summed E-state index contributed by atoms with van der Waals surface area (Å²) in [4.78, 5) is 23.1. The van der Waals surface area contributed by atoms with E-state index in [1.165, 1.54) is 0 Å². The summed E-state index contributed by atoms with van der Waals surface area (Å²) in [6, 6.07) is 20.0. The molecule has 2 aromatic heterocycles. The highest BCUT2D eigenvalue weighted by atomic mass is 16.3. The molecule has 5 rings (SSSR count). The molecule has 0 radical (unpaired) electrons. The molecule has 6 nitrogen and oxygen atoms in total. The molecule has 164 valence electrons. The molecule has 3 heterocycles. The number of para-hydroxylation sites is 2. The quantitative estimate of drug-likeness (QED) is 0.441. The number of furan rings is 1. The molecule has 1 aliphatic heterocycles. The van der Waals surface area contributed by atoms with E-state index < -0.39 is 0 Å². The maximum absolute atomic E-state index is 12.8. The molecule has 0 aliphatic carbocycles. The van der Waals surface area contributed by atoms with Gasteiger partial charge in [0.25, 0.3) is 0 Å². The molecule has 1 saturated heterocycles. The van der Waals surface area contributed by atoms with Crippen LogP contribution in [-0.4, -0.2) is 33.9 Å². The van der Waals surface area contributed by atoms with Gasteiger partial charge in [0, 0.05) is 23.6 Å². The fourth-order valence-corrected chi connectivity index (χ4v) is 4.32. The van der Waals surface area contributed by atoms with E-state index in [0.29, 0.717) is 0 Å². The number of amides is 1. The van der Waals surface area contributed by atoms with E-state index in [1.54, 1.807) is 0 Å². The summed E-state index contributed by atoms with van der Waals surface area (Å²) in [5, 5.41) is 3.09. The largest absolute Gasteiger partial charge is 0.465 e. The first-order valence-electron chi connectivity index (χ1n) is 11.3. The van der Waals surface area contributed by atoms with E-state index in [4.69, 9.17) is 4.42 Å². The van der Waals surface area contributed by atoms with Crippen LogP contribution in [0.3, 0.4) is 0 Å². The number of likely N-dealkylation sites (tertiary alicyclic amines) is 1. The molecule has 4 aromatic rings. The Morgan fingerprint density at radius 1 is 1.06 bits per heavy atom. The van der Waals surface area contributed by atoms with E-state index in [0.717, 1.165) is 78.5 Å². The van der Waals surface area contributed by atoms with Crippen LogP contribution in [0.25, 0.3) is 22.4 Å². The second kappa shape index (κ2) is 9.01. The van der Waals surface area contributed by atoms with Crippen molar-refractivity contribution in [2.45, 2.75) is 32.7 Å². The molecule has 2 N–H and O–H groups in total. The van der Waals surface area contributed by atoms with Crippen molar-refractivity contribution in [2.24, 2.45) is 5.92 Å². The summed E-state index contributed by atoms with van der Waals surface area (Å²) < 4.78 is 5.82. The van der Waals surface area contributed by atoms with Gasteiger partial charge >= 0.3 is 0 Å². The lowest BCUT2D eigenvalue weighted by molar-refractivity contribution is -0.121. The first kappa shape index (κ1) is 20.5. The molecule has 6 heteroatoms. The lowest BCUT2D eigenvalue weighted by Gasteiger charge is -2.30. The number of rotatable bonds is 6. The first-order chi connectivity index (χ1) is 15.7. The average molecular weight is 429 g/mol. The Morgan fingerprint density at radius 2 is 1.81 bits per heavy atom. The summed E-state index contributed by atoms with van der Waals surface area (Å²) in [5.74, 6) is 3.02. The van der Waals surface area contributed by atoms with E-state index in [2.05, 4.69) is 39.2 Å². The number of carbonyl (C=O) groups excluding carboxylic acids is 1. The van der Waals surface area contributed by atoms with Gasteiger partial charge in [-0.3, -0.25) is 9.69 Å². The van der Waals surface area contributed by atoms with Crippen molar-refractivity contribution in [3.05, 3.63) is 72.2 Å². The summed E-state index contributed by atoms with van der Waals surface area (Å²) >= 11 is 0. The molecular weight excluding hydrogens is 400 g/mol. The molecule has 0 unspecified atom stereocenters. The number of aromatic amines is 1. The van der Waals surface area contributed by atoms with Gasteiger partial charge in [-0.15, -0.1) is 0 Å². The Bertz CT molecular complexity index is 1170. The van der Waals surface area contributed by atoms with Crippen LogP contribution in [0.1, 0.15) is 31.3 Å². The zero-order valence-electron chi connectivity index (χ0n) is 18.3. The van der Waals surface area contributed by atoms with Gasteiger partial charge in [0.2, 0.25) is 5.91 Å². The van der Waals surface area contributed by atoms with E-state index in [-0.39, 0.29) is 11.8 Å². The van der Waals surface area contributed by atoms with E-state index in [9.17, 15) is 4.79 Å². The SMILES string of the molecule is CCc1ccc(CN2CCC(C(=O)Nc3ccc(-c4nc5ccccc5[nH]4)cc3)CC2)o1. The number of hydrogen-bond donors (Lipinski definition) is 2. The van der Waals surface area contributed by atoms with Gasteiger partial charge in [0.15, 0.2) is 0 Å². The van der Waals surface area contributed by atoms with Crippen molar-refractivity contribution < 1.29 is 9.21 Å². The van der Waals surface area contributed by atoms with Crippen molar-refractivity contribution in [2.75, 3.05) is 18.4 Å². The van der Waals surface area contributed by atoms with Gasteiger partial charge in [0.05, 0.1) is 17.6 Å². The van der Waals surface area contributed by atoms with Gasteiger partial charge in [-0.25, -0.2) is 4.98 Å². The number of nitrogens with zero attached hydrogens (tertiary/aromatic N) is 2. The van der Waals surface area contributed by atoms with Crippen LogP contribution in [0.2, 0.25) is 0 Å². The lowest BCUT2D eigenvalue weighted by atomic mass is 9.95. The summed E-state index contributed by atoms with van der Waals surface area (Å²) in [6.07, 6.45) is 2.65. The fourth-order valence-electron chi connectivity index (χ4n) is 4.32. The highest BCUT2D eigenvalue weighted by Gasteiger charge is 2.25. The molecule has 1 fully saturated rings.